The van der Waals surface area contributed by atoms with E-state index < -0.39 is 0 Å². The molecule has 0 fully saturated rings. The SMILES string of the molecule is CC(C)CC(C)N(C)c1cnccc1C(=N)N. The van der Waals surface area contributed by atoms with Crippen LogP contribution in [0.5, 0.6) is 0 Å². The molecule has 1 aromatic rings. The standard InChI is InChI=1S/C13H22N4/c1-9(2)7-10(3)17(4)12-8-16-6-5-11(12)13(14)15/h5-6,8-10H,7H2,1-4H3,(H3,14,15). The molecule has 1 heterocycles. The predicted octanol–water partition coefficient (Wildman–Crippen LogP) is 2.24. The molecule has 0 bridgehead atoms. The lowest BCUT2D eigenvalue weighted by molar-refractivity contribution is 0.504. The van der Waals surface area contributed by atoms with E-state index in [-0.39, 0.29) is 5.84 Å². The Morgan fingerprint density at radius 2 is 2.12 bits per heavy atom. The summed E-state index contributed by atoms with van der Waals surface area (Å²) in [4.78, 5) is 6.26. The highest BCUT2D eigenvalue weighted by atomic mass is 15.1. The average Bonchev–Trinajstić information content (AvgIpc) is 2.27. The second kappa shape index (κ2) is 5.66. The molecule has 0 saturated carbocycles. The molecule has 0 aromatic carbocycles. The Morgan fingerprint density at radius 1 is 1.47 bits per heavy atom. The fourth-order valence-electron chi connectivity index (χ4n) is 1.97. The number of nitrogen functional groups attached to an aromatic ring is 1. The molecular weight excluding hydrogens is 212 g/mol. The van der Waals surface area contributed by atoms with Crippen molar-refractivity contribution in [1.29, 1.82) is 5.41 Å². The highest BCUT2D eigenvalue weighted by Gasteiger charge is 2.15. The van der Waals surface area contributed by atoms with Gasteiger partial charge < -0.3 is 10.6 Å². The molecule has 0 spiro atoms. The minimum absolute atomic E-state index is 0.0889. The van der Waals surface area contributed by atoms with Gasteiger partial charge in [0, 0.05) is 24.8 Å². The second-order valence-electron chi connectivity index (χ2n) is 4.90. The lowest BCUT2D eigenvalue weighted by atomic mass is 10.0. The van der Waals surface area contributed by atoms with Crippen molar-refractivity contribution in [3.05, 3.63) is 24.0 Å². The van der Waals surface area contributed by atoms with Gasteiger partial charge >= 0.3 is 0 Å². The van der Waals surface area contributed by atoms with Gasteiger partial charge in [-0.2, -0.15) is 0 Å². The van der Waals surface area contributed by atoms with Crippen molar-refractivity contribution in [2.75, 3.05) is 11.9 Å². The first-order chi connectivity index (χ1) is 7.93. The van der Waals surface area contributed by atoms with Gasteiger partial charge in [0.15, 0.2) is 0 Å². The van der Waals surface area contributed by atoms with Crippen LogP contribution in [0.1, 0.15) is 32.8 Å². The Kier molecular flexibility index (Phi) is 4.49. The van der Waals surface area contributed by atoms with Crippen LogP contribution >= 0.6 is 0 Å². The summed E-state index contributed by atoms with van der Waals surface area (Å²) in [5.41, 5.74) is 7.26. The van der Waals surface area contributed by atoms with E-state index in [0.717, 1.165) is 17.7 Å². The zero-order valence-corrected chi connectivity index (χ0v) is 11.1. The van der Waals surface area contributed by atoms with E-state index in [0.29, 0.717) is 12.0 Å². The Hall–Kier alpha value is -1.58. The third-order valence-corrected chi connectivity index (χ3v) is 2.94. The average molecular weight is 234 g/mol. The van der Waals surface area contributed by atoms with Crippen LogP contribution in [-0.2, 0) is 0 Å². The minimum Gasteiger partial charge on any atom is -0.384 e. The first-order valence-corrected chi connectivity index (χ1v) is 5.94. The molecule has 0 aliphatic carbocycles. The number of pyridine rings is 1. The van der Waals surface area contributed by atoms with Gasteiger partial charge in [0.1, 0.15) is 5.84 Å². The van der Waals surface area contributed by atoms with Crippen molar-refractivity contribution in [1.82, 2.24) is 4.98 Å². The van der Waals surface area contributed by atoms with Gasteiger partial charge in [0.25, 0.3) is 0 Å². The summed E-state index contributed by atoms with van der Waals surface area (Å²) in [5.74, 6) is 0.732. The fraction of sp³-hybridized carbons (Fsp3) is 0.538. The monoisotopic (exact) mass is 234 g/mol. The quantitative estimate of drug-likeness (QED) is 0.606. The molecule has 4 heteroatoms. The molecule has 0 aliphatic heterocycles. The van der Waals surface area contributed by atoms with Crippen LogP contribution in [0.25, 0.3) is 0 Å². The summed E-state index contributed by atoms with van der Waals surface area (Å²) in [5, 5.41) is 7.58. The topological polar surface area (TPSA) is 66.0 Å². The molecule has 1 atom stereocenters. The number of nitrogens with zero attached hydrogens (tertiary/aromatic N) is 2. The van der Waals surface area contributed by atoms with Crippen LogP contribution in [-0.4, -0.2) is 23.9 Å². The fourth-order valence-corrected chi connectivity index (χ4v) is 1.97. The molecule has 94 valence electrons. The molecule has 0 radical (unpaired) electrons. The molecule has 0 saturated heterocycles. The Morgan fingerprint density at radius 3 is 2.65 bits per heavy atom. The number of anilines is 1. The largest absolute Gasteiger partial charge is 0.384 e. The third kappa shape index (κ3) is 3.44. The van der Waals surface area contributed by atoms with E-state index >= 15 is 0 Å². The molecule has 0 aliphatic rings. The van der Waals surface area contributed by atoms with Crippen molar-refractivity contribution in [2.24, 2.45) is 11.7 Å². The van der Waals surface area contributed by atoms with Crippen LogP contribution in [0, 0.1) is 11.3 Å². The lowest BCUT2D eigenvalue weighted by Crippen LogP contribution is -2.32. The van der Waals surface area contributed by atoms with Crippen molar-refractivity contribution in [2.45, 2.75) is 33.2 Å². The van der Waals surface area contributed by atoms with Gasteiger partial charge in [0.05, 0.1) is 11.9 Å². The Bertz CT molecular complexity index is 387. The summed E-state index contributed by atoms with van der Waals surface area (Å²) in [6.07, 6.45) is 4.54. The van der Waals surface area contributed by atoms with Crippen LogP contribution in [0.3, 0.4) is 0 Å². The van der Waals surface area contributed by atoms with Crippen LogP contribution in [0.2, 0.25) is 0 Å². The number of nitrogens with two attached hydrogens (primary N) is 1. The number of hydrogen-bond donors (Lipinski definition) is 2. The van der Waals surface area contributed by atoms with Gasteiger partial charge in [0.2, 0.25) is 0 Å². The van der Waals surface area contributed by atoms with Crippen LogP contribution in [0.15, 0.2) is 18.5 Å². The summed E-state index contributed by atoms with van der Waals surface area (Å²) in [6.45, 7) is 6.59. The van der Waals surface area contributed by atoms with Crippen molar-refractivity contribution >= 4 is 11.5 Å². The van der Waals surface area contributed by atoms with Gasteiger partial charge in [-0.3, -0.25) is 10.4 Å². The van der Waals surface area contributed by atoms with Crippen molar-refractivity contribution in [3.63, 3.8) is 0 Å². The number of amidine groups is 1. The number of nitrogens with one attached hydrogen (secondary N) is 1. The van der Waals surface area contributed by atoms with E-state index in [1.165, 1.54) is 0 Å². The van der Waals surface area contributed by atoms with E-state index in [1.807, 2.05) is 7.05 Å². The molecular formula is C13H22N4. The maximum Gasteiger partial charge on any atom is 0.125 e. The smallest absolute Gasteiger partial charge is 0.125 e. The normalized spacial score (nSPS) is 12.5. The maximum absolute atomic E-state index is 7.58. The number of hydrogen-bond acceptors (Lipinski definition) is 3. The van der Waals surface area contributed by atoms with E-state index in [4.69, 9.17) is 11.1 Å². The Balaban J connectivity index is 2.95. The number of rotatable bonds is 5. The van der Waals surface area contributed by atoms with Crippen LogP contribution in [0.4, 0.5) is 5.69 Å². The summed E-state index contributed by atoms with van der Waals surface area (Å²) in [7, 11) is 2.02. The summed E-state index contributed by atoms with van der Waals surface area (Å²) in [6, 6.07) is 2.19. The van der Waals surface area contributed by atoms with Gasteiger partial charge in [-0.25, -0.2) is 0 Å². The summed E-state index contributed by atoms with van der Waals surface area (Å²) < 4.78 is 0. The molecule has 17 heavy (non-hydrogen) atoms. The van der Waals surface area contributed by atoms with E-state index in [2.05, 4.69) is 30.7 Å². The Labute approximate surface area is 103 Å². The first kappa shape index (κ1) is 13.5. The minimum atomic E-state index is 0.0889. The molecule has 4 nitrogen and oxygen atoms in total. The molecule has 3 N–H and O–H groups in total. The highest BCUT2D eigenvalue weighted by molar-refractivity contribution is 6.00. The molecule has 1 rings (SSSR count). The molecule has 0 amide bonds. The maximum atomic E-state index is 7.58. The summed E-state index contributed by atoms with van der Waals surface area (Å²) >= 11 is 0. The van der Waals surface area contributed by atoms with Gasteiger partial charge in [-0.05, 0) is 25.3 Å². The number of aromatic nitrogens is 1. The van der Waals surface area contributed by atoms with Crippen LogP contribution < -0.4 is 10.6 Å². The van der Waals surface area contributed by atoms with E-state index in [9.17, 15) is 0 Å². The third-order valence-electron chi connectivity index (χ3n) is 2.94. The molecule has 1 aromatic heterocycles. The lowest BCUT2D eigenvalue weighted by Gasteiger charge is -2.29. The first-order valence-electron chi connectivity index (χ1n) is 5.94. The second-order valence-corrected chi connectivity index (χ2v) is 4.90. The van der Waals surface area contributed by atoms with E-state index in [1.54, 1.807) is 18.5 Å². The zero-order valence-electron chi connectivity index (χ0n) is 11.1. The zero-order chi connectivity index (χ0) is 13.0. The van der Waals surface area contributed by atoms with Gasteiger partial charge in [-0.15, -0.1) is 0 Å². The predicted molar refractivity (Wildman–Crippen MR) is 72.6 cm³/mol. The van der Waals surface area contributed by atoms with Crippen molar-refractivity contribution in [3.8, 4) is 0 Å². The van der Waals surface area contributed by atoms with Gasteiger partial charge in [-0.1, -0.05) is 13.8 Å². The highest BCUT2D eigenvalue weighted by Crippen LogP contribution is 2.22. The molecule has 1 unspecified atom stereocenters. The van der Waals surface area contributed by atoms with Crippen molar-refractivity contribution < 1.29 is 0 Å².